The molecule has 0 aromatic carbocycles. The van der Waals surface area contributed by atoms with Gasteiger partial charge in [0.1, 0.15) is 0 Å². The molecule has 1 heterocycles. The Morgan fingerprint density at radius 2 is 1.26 bits per heavy atom. The maximum Gasteiger partial charge on any atom is 0.0678 e. The van der Waals surface area contributed by atoms with Crippen LogP contribution in [0.15, 0.2) is 0 Å². The third-order valence-electron chi connectivity index (χ3n) is 4.07. The Morgan fingerprint density at radius 3 is 1.79 bits per heavy atom. The van der Waals surface area contributed by atoms with E-state index >= 15 is 0 Å². The average molecular weight is 269 g/mol. The molecule has 0 aliphatic carbocycles. The predicted molar refractivity (Wildman–Crippen MR) is 83.7 cm³/mol. The van der Waals surface area contributed by atoms with Crippen LogP contribution in [-0.4, -0.2) is 36.7 Å². The molecule has 19 heavy (non-hydrogen) atoms. The SMILES string of the molecule is CCCCCCCCCCCN1C[C@H](C)O[C@@H](C)C1. The minimum absolute atomic E-state index is 0.419. The van der Waals surface area contributed by atoms with Gasteiger partial charge >= 0.3 is 0 Å². The number of rotatable bonds is 10. The zero-order valence-corrected chi connectivity index (χ0v) is 13.5. The molecule has 0 spiro atoms. The highest BCUT2D eigenvalue weighted by Gasteiger charge is 2.21. The van der Waals surface area contributed by atoms with Gasteiger partial charge in [0.05, 0.1) is 12.2 Å². The summed E-state index contributed by atoms with van der Waals surface area (Å²) in [6.07, 6.45) is 13.6. The molecule has 0 unspecified atom stereocenters. The molecule has 0 bridgehead atoms. The van der Waals surface area contributed by atoms with Crippen LogP contribution in [0.1, 0.15) is 78.6 Å². The Morgan fingerprint density at radius 1 is 0.789 bits per heavy atom. The molecular weight excluding hydrogens is 234 g/mol. The average Bonchev–Trinajstić information content (AvgIpc) is 2.36. The fourth-order valence-corrected chi connectivity index (χ4v) is 3.11. The summed E-state index contributed by atoms with van der Waals surface area (Å²) in [6.45, 7) is 10.2. The molecule has 2 heteroatoms. The number of hydrogen-bond donors (Lipinski definition) is 0. The fraction of sp³-hybridized carbons (Fsp3) is 1.00. The first kappa shape index (κ1) is 17.0. The molecule has 1 rings (SSSR count). The highest BCUT2D eigenvalue weighted by atomic mass is 16.5. The standard InChI is InChI=1S/C17H35NO/c1-4-5-6-7-8-9-10-11-12-13-18-14-16(2)19-17(3)15-18/h16-17H,4-15H2,1-3H3/t16-,17-/m0/s1. The Labute approximate surface area is 120 Å². The third kappa shape index (κ3) is 8.65. The molecule has 114 valence electrons. The van der Waals surface area contributed by atoms with Crippen molar-refractivity contribution >= 4 is 0 Å². The van der Waals surface area contributed by atoms with Crippen LogP contribution in [-0.2, 0) is 4.74 Å². The van der Waals surface area contributed by atoms with Crippen molar-refractivity contribution in [2.24, 2.45) is 0 Å². The number of hydrogen-bond acceptors (Lipinski definition) is 2. The van der Waals surface area contributed by atoms with Gasteiger partial charge in [0.25, 0.3) is 0 Å². The maximum atomic E-state index is 5.77. The summed E-state index contributed by atoms with van der Waals surface area (Å²) in [5, 5.41) is 0. The van der Waals surface area contributed by atoms with Gasteiger partial charge < -0.3 is 4.74 Å². The maximum absolute atomic E-state index is 5.77. The van der Waals surface area contributed by atoms with Gasteiger partial charge in [-0.1, -0.05) is 58.3 Å². The summed E-state index contributed by atoms with van der Waals surface area (Å²) < 4.78 is 5.77. The zero-order valence-electron chi connectivity index (χ0n) is 13.5. The highest BCUT2D eigenvalue weighted by molar-refractivity contribution is 4.72. The number of nitrogens with zero attached hydrogens (tertiary/aromatic N) is 1. The second kappa shape index (κ2) is 10.7. The van der Waals surface area contributed by atoms with E-state index in [-0.39, 0.29) is 0 Å². The minimum Gasteiger partial charge on any atom is -0.373 e. The van der Waals surface area contributed by atoms with E-state index in [9.17, 15) is 0 Å². The van der Waals surface area contributed by atoms with Gasteiger partial charge in [0, 0.05) is 13.1 Å². The quantitative estimate of drug-likeness (QED) is 0.536. The molecule has 0 N–H and O–H groups in total. The Kier molecular flexibility index (Phi) is 9.54. The summed E-state index contributed by atoms with van der Waals surface area (Å²) in [7, 11) is 0. The van der Waals surface area contributed by atoms with Crippen molar-refractivity contribution in [2.75, 3.05) is 19.6 Å². The lowest BCUT2D eigenvalue weighted by molar-refractivity contribution is -0.0681. The Balaban J connectivity index is 1.87. The van der Waals surface area contributed by atoms with Gasteiger partial charge in [-0.2, -0.15) is 0 Å². The fourth-order valence-electron chi connectivity index (χ4n) is 3.11. The minimum atomic E-state index is 0.419. The summed E-state index contributed by atoms with van der Waals surface area (Å²) in [5.41, 5.74) is 0. The monoisotopic (exact) mass is 269 g/mol. The van der Waals surface area contributed by atoms with Crippen molar-refractivity contribution in [2.45, 2.75) is 90.8 Å². The van der Waals surface area contributed by atoms with E-state index in [0.717, 1.165) is 13.1 Å². The Hall–Kier alpha value is -0.0800. The molecule has 1 aliphatic rings. The first-order chi connectivity index (χ1) is 9.22. The van der Waals surface area contributed by atoms with E-state index in [2.05, 4.69) is 25.7 Å². The van der Waals surface area contributed by atoms with Gasteiger partial charge in [-0.25, -0.2) is 0 Å². The van der Waals surface area contributed by atoms with Crippen molar-refractivity contribution in [3.8, 4) is 0 Å². The van der Waals surface area contributed by atoms with Gasteiger partial charge in [0.2, 0.25) is 0 Å². The van der Waals surface area contributed by atoms with Crippen LogP contribution in [0.5, 0.6) is 0 Å². The molecular formula is C17H35NO. The summed E-state index contributed by atoms with van der Waals surface area (Å²) in [5.74, 6) is 0. The molecule has 2 nitrogen and oxygen atoms in total. The molecule has 2 atom stereocenters. The topological polar surface area (TPSA) is 12.5 Å². The van der Waals surface area contributed by atoms with E-state index in [1.165, 1.54) is 64.3 Å². The molecule has 0 aromatic rings. The van der Waals surface area contributed by atoms with Crippen LogP contribution in [0.3, 0.4) is 0 Å². The van der Waals surface area contributed by atoms with Crippen molar-refractivity contribution < 1.29 is 4.74 Å². The molecule has 0 radical (unpaired) electrons. The zero-order chi connectivity index (χ0) is 13.9. The predicted octanol–water partition coefficient (Wildman–Crippen LogP) is 4.63. The van der Waals surface area contributed by atoms with Crippen LogP contribution < -0.4 is 0 Å². The second-order valence-electron chi connectivity index (χ2n) is 6.35. The first-order valence-electron chi connectivity index (χ1n) is 8.60. The van der Waals surface area contributed by atoms with Crippen LogP contribution >= 0.6 is 0 Å². The van der Waals surface area contributed by atoms with Crippen LogP contribution in [0.2, 0.25) is 0 Å². The highest BCUT2D eigenvalue weighted by Crippen LogP contribution is 2.13. The van der Waals surface area contributed by atoms with Crippen LogP contribution in [0.25, 0.3) is 0 Å². The smallest absolute Gasteiger partial charge is 0.0678 e. The van der Waals surface area contributed by atoms with Crippen molar-refractivity contribution in [3.05, 3.63) is 0 Å². The molecule has 0 saturated carbocycles. The Bertz CT molecular complexity index is 197. The van der Waals surface area contributed by atoms with E-state index in [1.54, 1.807) is 0 Å². The van der Waals surface area contributed by atoms with Crippen molar-refractivity contribution in [1.29, 1.82) is 0 Å². The number of morpholine rings is 1. The molecule has 1 saturated heterocycles. The first-order valence-corrected chi connectivity index (χ1v) is 8.60. The number of ether oxygens (including phenoxy) is 1. The van der Waals surface area contributed by atoms with E-state index in [1.807, 2.05) is 0 Å². The van der Waals surface area contributed by atoms with Crippen molar-refractivity contribution in [3.63, 3.8) is 0 Å². The lowest BCUT2D eigenvalue weighted by Crippen LogP contribution is -2.45. The van der Waals surface area contributed by atoms with Gasteiger partial charge in [-0.3, -0.25) is 4.90 Å². The largest absolute Gasteiger partial charge is 0.373 e. The van der Waals surface area contributed by atoms with Gasteiger partial charge in [-0.15, -0.1) is 0 Å². The summed E-state index contributed by atoms with van der Waals surface area (Å²) >= 11 is 0. The van der Waals surface area contributed by atoms with E-state index in [0.29, 0.717) is 12.2 Å². The third-order valence-corrected chi connectivity index (χ3v) is 4.07. The normalized spacial score (nSPS) is 24.8. The van der Waals surface area contributed by atoms with E-state index in [4.69, 9.17) is 4.74 Å². The molecule has 0 aromatic heterocycles. The summed E-state index contributed by atoms with van der Waals surface area (Å²) in [4.78, 5) is 2.58. The molecule has 1 fully saturated rings. The lowest BCUT2D eigenvalue weighted by Gasteiger charge is -2.35. The van der Waals surface area contributed by atoms with Gasteiger partial charge in [-0.05, 0) is 26.8 Å². The number of unbranched alkanes of at least 4 members (excludes halogenated alkanes) is 8. The van der Waals surface area contributed by atoms with Crippen molar-refractivity contribution in [1.82, 2.24) is 4.90 Å². The van der Waals surface area contributed by atoms with Gasteiger partial charge in [0.15, 0.2) is 0 Å². The molecule has 1 aliphatic heterocycles. The molecule has 0 amide bonds. The van der Waals surface area contributed by atoms with E-state index < -0.39 is 0 Å². The lowest BCUT2D eigenvalue weighted by atomic mass is 10.1. The van der Waals surface area contributed by atoms with Crippen LogP contribution in [0, 0.1) is 0 Å². The summed E-state index contributed by atoms with van der Waals surface area (Å²) in [6, 6.07) is 0. The van der Waals surface area contributed by atoms with Crippen LogP contribution in [0.4, 0.5) is 0 Å². The second-order valence-corrected chi connectivity index (χ2v) is 6.35.